The zero-order valence-electron chi connectivity index (χ0n) is 14.5. The summed E-state index contributed by atoms with van der Waals surface area (Å²) in [5.41, 5.74) is 1.52. The predicted molar refractivity (Wildman–Crippen MR) is 103 cm³/mol. The van der Waals surface area contributed by atoms with E-state index >= 15 is 0 Å². The van der Waals surface area contributed by atoms with Gasteiger partial charge in [0.2, 0.25) is 5.89 Å². The maximum absolute atomic E-state index is 12.9. The van der Waals surface area contributed by atoms with E-state index in [0.717, 1.165) is 4.90 Å². The molecular weight excluding hydrogens is 356 g/mol. The number of amides is 2. The van der Waals surface area contributed by atoms with Gasteiger partial charge in [0.15, 0.2) is 0 Å². The van der Waals surface area contributed by atoms with Crippen LogP contribution >= 0.6 is 0 Å². The van der Waals surface area contributed by atoms with Crippen LogP contribution in [0.5, 0.6) is 0 Å². The van der Waals surface area contributed by atoms with Crippen LogP contribution in [0, 0.1) is 0 Å². The van der Waals surface area contributed by atoms with Crippen molar-refractivity contribution in [3.8, 4) is 11.5 Å². The molecule has 2 amide bonds. The van der Waals surface area contributed by atoms with Gasteiger partial charge in [-0.15, -0.1) is 0 Å². The van der Waals surface area contributed by atoms with Gasteiger partial charge < -0.3 is 4.42 Å². The third kappa shape index (κ3) is 2.35. The molecule has 1 aromatic heterocycles. The highest BCUT2D eigenvalue weighted by atomic mass is 16.3. The summed E-state index contributed by atoms with van der Waals surface area (Å²) >= 11 is 0. The molecule has 1 aliphatic rings. The Labute approximate surface area is 158 Å². The van der Waals surface area contributed by atoms with Crippen LogP contribution in [0.25, 0.3) is 22.4 Å². The summed E-state index contributed by atoms with van der Waals surface area (Å²) in [5.74, 6) is -0.702. The van der Waals surface area contributed by atoms with Gasteiger partial charge in [-0.05, 0) is 42.5 Å². The van der Waals surface area contributed by atoms with Crippen molar-refractivity contribution < 1.29 is 14.0 Å². The first-order chi connectivity index (χ1) is 13.6. The van der Waals surface area contributed by atoms with Crippen molar-refractivity contribution in [3.63, 3.8) is 0 Å². The van der Waals surface area contributed by atoms with Gasteiger partial charge >= 0.3 is 0 Å². The van der Waals surface area contributed by atoms with Gasteiger partial charge in [0.25, 0.3) is 17.4 Å². The number of hydrogen-bond acceptors (Lipinski definition) is 5. The number of para-hydroxylation sites is 2. The van der Waals surface area contributed by atoms with E-state index in [1.165, 1.54) is 0 Å². The number of fused-ring (bicyclic) bond motifs is 2. The summed E-state index contributed by atoms with van der Waals surface area (Å²) in [4.78, 5) is 42.9. The zero-order chi connectivity index (χ0) is 19.3. The maximum atomic E-state index is 12.9. The van der Waals surface area contributed by atoms with Crippen LogP contribution < -0.4 is 10.5 Å². The number of rotatable bonds is 2. The average Bonchev–Trinajstić information content (AvgIpc) is 2.98. The molecule has 0 saturated carbocycles. The van der Waals surface area contributed by atoms with Crippen LogP contribution in [0.15, 0.2) is 82.0 Å². The largest absolute Gasteiger partial charge is 0.437 e. The smallest absolute Gasteiger partial charge is 0.284 e. The second-order valence-corrected chi connectivity index (χ2v) is 6.36. The second-order valence-electron chi connectivity index (χ2n) is 6.36. The molecule has 3 aromatic carbocycles. The molecule has 1 aliphatic heterocycles. The molecule has 5 rings (SSSR count). The van der Waals surface area contributed by atoms with E-state index in [0.29, 0.717) is 27.8 Å². The normalized spacial score (nSPS) is 13.2. The quantitative estimate of drug-likeness (QED) is 0.505. The molecule has 0 N–H and O–H groups in total. The molecule has 2 heterocycles. The number of nitrogens with zero attached hydrogens (tertiary/aromatic N) is 2. The number of imide groups is 1. The summed E-state index contributed by atoms with van der Waals surface area (Å²) in [6, 6.07) is 20.3. The van der Waals surface area contributed by atoms with Crippen molar-refractivity contribution in [1.82, 2.24) is 4.98 Å². The molecule has 0 fully saturated rings. The number of hydrogen-bond donors (Lipinski definition) is 0. The van der Waals surface area contributed by atoms with E-state index in [4.69, 9.17) is 4.42 Å². The molecule has 0 unspecified atom stereocenters. The van der Waals surface area contributed by atoms with E-state index in [9.17, 15) is 14.4 Å². The number of carbonyl (C=O) groups excluding carboxylic acids is 2. The number of anilines is 1. The molecule has 0 bridgehead atoms. The third-order valence-electron chi connectivity index (χ3n) is 4.68. The number of aromatic nitrogens is 1. The molecule has 134 valence electrons. The highest BCUT2D eigenvalue weighted by molar-refractivity contribution is 6.34. The van der Waals surface area contributed by atoms with E-state index in [-0.39, 0.29) is 17.4 Å². The lowest BCUT2D eigenvalue weighted by atomic mass is 10.1. The summed E-state index contributed by atoms with van der Waals surface area (Å²) in [5, 5.41) is 0.383. The van der Waals surface area contributed by atoms with Crippen LogP contribution in [-0.4, -0.2) is 16.8 Å². The van der Waals surface area contributed by atoms with Crippen molar-refractivity contribution in [2.24, 2.45) is 0 Å². The Morgan fingerprint density at radius 1 is 0.750 bits per heavy atom. The van der Waals surface area contributed by atoms with Crippen molar-refractivity contribution in [1.29, 1.82) is 0 Å². The summed E-state index contributed by atoms with van der Waals surface area (Å²) < 4.78 is 5.74. The number of carbonyl (C=O) groups is 2. The Morgan fingerprint density at radius 3 is 2.29 bits per heavy atom. The van der Waals surface area contributed by atoms with Gasteiger partial charge in [0.05, 0.1) is 22.2 Å². The van der Waals surface area contributed by atoms with Crippen LogP contribution in [0.2, 0.25) is 0 Å². The molecule has 0 radical (unpaired) electrons. The Balaban J connectivity index is 1.62. The van der Waals surface area contributed by atoms with Crippen LogP contribution in [0.3, 0.4) is 0 Å². The summed E-state index contributed by atoms with van der Waals surface area (Å²) in [6.45, 7) is 0. The zero-order valence-corrected chi connectivity index (χ0v) is 14.5. The minimum Gasteiger partial charge on any atom is -0.437 e. The van der Waals surface area contributed by atoms with Crippen molar-refractivity contribution in [2.75, 3.05) is 4.90 Å². The molecular formula is C22H12N2O4. The van der Waals surface area contributed by atoms with Crippen molar-refractivity contribution in [3.05, 3.63) is 94.3 Å². The Hall–Kier alpha value is -4.06. The van der Waals surface area contributed by atoms with Gasteiger partial charge in [-0.1, -0.05) is 30.3 Å². The van der Waals surface area contributed by atoms with Crippen LogP contribution in [-0.2, 0) is 0 Å². The fourth-order valence-corrected chi connectivity index (χ4v) is 3.32. The monoisotopic (exact) mass is 368 g/mol. The highest BCUT2D eigenvalue weighted by Gasteiger charge is 2.37. The average molecular weight is 368 g/mol. The Morgan fingerprint density at radius 2 is 1.46 bits per heavy atom. The van der Waals surface area contributed by atoms with Gasteiger partial charge in [-0.25, -0.2) is 4.90 Å². The lowest BCUT2D eigenvalue weighted by Gasteiger charge is -2.13. The molecule has 0 spiro atoms. The number of benzene rings is 3. The van der Waals surface area contributed by atoms with Gasteiger partial charge in [-0.2, -0.15) is 4.98 Å². The Bertz CT molecular complexity index is 1330. The SMILES string of the molecule is O=C1c2ccc(-c3nc(=O)c4ccccc4o3)cc2C(=O)N1c1ccccc1. The highest BCUT2D eigenvalue weighted by Crippen LogP contribution is 2.31. The van der Waals surface area contributed by atoms with Crippen molar-refractivity contribution >= 4 is 28.5 Å². The third-order valence-corrected chi connectivity index (χ3v) is 4.68. The minimum absolute atomic E-state index is 0.102. The van der Waals surface area contributed by atoms with Crippen molar-refractivity contribution in [2.45, 2.75) is 0 Å². The lowest BCUT2D eigenvalue weighted by Crippen LogP contribution is -2.29. The second kappa shape index (κ2) is 5.99. The molecule has 28 heavy (non-hydrogen) atoms. The van der Waals surface area contributed by atoms with Gasteiger partial charge in [-0.3, -0.25) is 14.4 Å². The predicted octanol–water partition coefficient (Wildman–Crippen LogP) is 3.66. The molecule has 6 heteroatoms. The van der Waals surface area contributed by atoms with Gasteiger partial charge in [0, 0.05) is 5.56 Å². The minimum atomic E-state index is -0.420. The van der Waals surface area contributed by atoms with E-state index < -0.39 is 11.5 Å². The standard InChI is InChI=1S/C22H12N2O4/c25-19-16-8-4-5-9-18(16)28-20(23-19)13-10-11-15-17(12-13)22(27)24(21(15)26)14-6-2-1-3-7-14/h1-12H. The van der Waals surface area contributed by atoms with E-state index in [1.54, 1.807) is 66.7 Å². The maximum Gasteiger partial charge on any atom is 0.284 e. The fraction of sp³-hybridized carbons (Fsp3) is 0. The van der Waals surface area contributed by atoms with Crippen LogP contribution in [0.4, 0.5) is 5.69 Å². The first-order valence-electron chi connectivity index (χ1n) is 8.61. The lowest BCUT2D eigenvalue weighted by molar-refractivity contribution is 0.0926. The Kier molecular flexibility index (Phi) is 3.45. The van der Waals surface area contributed by atoms with E-state index in [1.807, 2.05) is 6.07 Å². The molecule has 4 aromatic rings. The van der Waals surface area contributed by atoms with Crippen LogP contribution in [0.1, 0.15) is 20.7 Å². The van der Waals surface area contributed by atoms with Gasteiger partial charge in [0.1, 0.15) is 5.58 Å². The first kappa shape index (κ1) is 16.1. The topological polar surface area (TPSA) is 80.5 Å². The fourth-order valence-electron chi connectivity index (χ4n) is 3.32. The molecule has 6 nitrogen and oxygen atoms in total. The molecule has 0 aliphatic carbocycles. The molecule has 0 saturated heterocycles. The summed E-state index contributed by atoms with van der Waals surface area (Å²) in [6.07, 6.45) is 0. The first-order valence-corrected chi connectivity index (χ1v) is 8.61. The van der Waals surface area contributed by atoms with E-state index in [2.05, 4.69) is 4.98 Å². The summed E-state index contributed by atoms with van der Waals surface area (Å²) in [7, 11) is 0. The molecule has 0 atom stereocenters.